The van der Waals surface area contributed by atoms with Crippen LogP contribution in [0.5, 0.6) is 11.5 Å². The molecule has 0 fully saturated rings. The highest BCUT2D eigenvalue weighted by molar-refractivity contribution is 5.47. The van der Waals surface area contributed by atoms with Crippen molar-refractivity contribution >= 4 is 0 Å². The number of methoxy groups -OCH3 is 2. The fourth-order valence-electron chi connectivity index (χ4n) is 1.52. The van der Waals surface area contributed by atoms with Crippen LogP contribution in [-0.4, -0.2) is 14.2 Å². The average Bonchev–Trinajstić information content (AvgIpc) is 2.28. The number of nitriles is 1. The Labute approximate surface area is 90.2 Å². The van der Waals surface area contributed by atoms with Crippen molar-refractivity contribution in [3.05, 3.63) is 23.3 Å². The second-order valence-corrected chi connectivity index (χ2v) is 3.16. The molecule has 0 aromatic heterocycles. The zero-order chi connectivity index (χ0) is 11.3. The first kappa shape index (κ1) is 11.4. The predicted octanol–water partition coefficient (Wildman–Crippen LogP) is 2.33. The van der Waals surface area contributed by atoms with Gasteiger partial charge in [-0.05, 0) is 24.1 Å². The molecule has 0 spiro atoms. The standard InChI is InChI=1S/C12H15NO2/c1-4-9-7-12(15-3)10(5-6-13)8-11(9)14-2/h7-8H,4-5H2,1-3H3. The lowest BCUT2D eigenvalue weighted by Crippen LogP contribution is -1.97. The van der Waals surface area contributed by atoms with Gasteiger partial charge in [-0.3, -0.25) is 0 Å². The summed E-state index contributed by atoms with van der Waals surface area (Å²) in [6.07, 6.45) is 1.22. The molecule has 1 aromatic carbocycles. The molecule has 0 heterocycles. The highest BCUT2D eigenvalue weighted by Gasteiger charge is 2.09. The van der Waals surface area contributed by atoms with E-state index in [1.54, 1.807) is 14.2 Å². The van der Waals surface area contributed by atoms with Crippen molar-refractivity contribution in [1.29, 1.82) is 5.26 Å². The van der Waals surface area contributed by atoms with E-state index >= 15 is 0 Å². The van der Waals surface area contributed by atoms with Crippen LogP contribution in [0, 0.1) is 11.3 Å². The topological polar surface area (TPSA) is 42.2 Å². The maximum absolute atomic E-state index is 8.68. The summed E-state index contributed by atoms with van der Waals surface area (Å²) in [5.41, 5.74) is 1.96. The Morgan fingerprint density at radius 3 is 2.13 bits per heavy atom. The van der Waals surface area contributed by atoms with Crippen LogP contribution in [0.25, 0.3) is 0 Å². The molecule has 1 rings (SSSR count). The summed E-state index contributed by atoms with van der Waals surface area (Å²) in [5, 5.41) is 8.68. The van der Waals surface area contributed by atoms with Gasteiger partial charge in [0.15, 0.2) is 0 Å². The first-order valence-corrected chi connectivity index (χ1v) is 4.87. The van der Waals surface area contributed by atoms with Crippen molar-refractivity contribution in [2.45, 2.75) is 19.8 Å². The highest BCUT2D eigenvalue weighted by Crippen LogP contribution is 2.29. The lowest BCUT2D eigenvalue weighted by atomic mass is 10.0. The summed E-state index contributed by atoms with van der Waals surface area (Å²) in [4.78, 5) is 0. The van der Waals surface area contributed by atoms with Crippen molar-refractivity contribution in [2.75, 3.05) is 14.2 Å². The summed E-state index contributed by atoms with van der Waals surface area (Å²) in [6.45, 7) is 2.06. The molecule has 0 atom stereocenters. The van der Waals surface area contributed by atoms with E-state index in [-0.39, 0.29) is 0 Å². The molecular formula is C12H15NO2. The second-order valence-electron chi connectivity index (χ2n) is 3.16. The van der Waals surface area contributed by atoms with Gasteiger partial charge in [-0.1, -0.05) is 6.92 Å². The zero-order valence-electron chi connectivity index (χ0n) is 9.33. The molecule has 15 heavy (non-hydrogen) atoms. The van der Waals surface area contributed by atoms with Gasteiger partial charge in [-0.2, -0.15) is 5.26 Å². The molecule has 0 saturated heterocycles. The van der Waals surface area contributed by atoms with Crippen LogP contribution in [0.2, 0.25) is 0 Å². The van der Waals surface area contributed by atoms with Crippen molar-refractivity contribution in [3.63, 3.8) is 0 Å². The normalized spacial score (nSPS) is 9.47. The fourth-order valence-corrected chi connectivity index (χ4v) is 1.52. The molecule has 3 heteroatoms. The summed E-state index contributed by atoms with van der Waals surface area (Å²) < 4.78 is 10.5. The Hall–Kier alpha value is -1.69. The average molecular weight is 205 g/mol. The molecule has 3 nitrogen and oxygen atoms in total. The van der Waals surface area contributed by atoms with Crippen LogP contribution in [0.1, 0.15) is 18.1 Å². The minimum atomic E-state index is 0.337. The predicted molar refractivity (Wildman–Crippen MR) is 58.2 cm³/mol. The van der Waals surface area contributed by atoms with E-state index in [0.29, 0.717) is 6.42 Å². The van der Waals surface area contributed by atoms with Crippen molar-refractivity contribution < 1.29 is 9.47 Å². The molecule has 0 radical (unpaired) electrons. The lowest BCUT2D eigenvalue weighted by molar-refractivity contribution is 0.396. The molecule has 0 saturated carbocycles. The highest BCUT2D eigenvalue weighted by atomic mass is 16.5. The van der Waals surface area contributed by atoms with Crippen molar-refractivity contribution in [2.24, 2.45) is 0 Å². The third-order valence-electron chi connectivity index (χ3n) is 2.33. The fraction of sp³-hybridized carbons (Fsp3) is 0.417. The summed E-state index contributed by atoms with van der Waals surface area (Å²) in [6, 6.07) is 5.92. The molecule has 0 unspecified atom stereocenters. The zero-order valence-corrected chi connectivity index (χ0v) is 9.33. The number of ether oxygens (including phenoxy) is 2. The molecule has 0 aliphatic heterocycles. The van der Waals surface area contributed by atoms with Crippen LogP contribution >= 0.6 is 0 Å². The number of rotatable bonds is 4. The third kappa shape index (κ3) is 2.41. The van der Waals surface area contributed by atoms with Crippen LogP contribution in [0.4, 0.5) is 0 Å². The van der Waals surface area contributed by atoms with Crippen LogP contribution in [0.15, 0.2) is 12.1 Å². The summed E-state index contributed by atoms with van der Waals surface area (Å²) in [7, 11) is 3.25. The maximum Gasteiger partial charge on any atom is 0.123 e. The van der Waals surface area contributed by atoms with Gasteiger partial charge in [0.1, 0.15) is 11.5 Å². The number of hydrogen-bond acceptors (Lipinski definition) is 3. The van der Waals surface area contributed by atoms with Gasteiger partial charge in [0.2, 0.25) is 0 Å². The summed E-state index contributed by atoms with van der Waals surface area (Å²) in [5.74, 6) is 1.58. The molecule has 0 N–H and O–H groups in total. The van der Waals surface area contributed by atoms with E-state index in [4.69, 9.17) is 14.7 Å². The van der Waals surface area contributed by atoms with Gasteiger partial charge in [0, 0.05) is 5.56 Å². The Morgan fingerprint density at radius 2 is 1.67 bits per heavy atom. The van der Waals surface area contributed by atoms with E-state index in [2.05, 4.69) is 13.0 Å². The van der Waals surface area contributed by atoms with Gasteiger partial charge in [0.25, 0.3) is 0 Å². The monoisotopic (exact) mass is 205 g/mol. The SMILES string of the molecule is CCc1cc(OC)c(CC#N)cc1OC. The molecule has 80 valence electrons. The minimum absolute atomic E-state index is 0.337. The van der Waals surface area contributed by atoms with Crippen LogP contribution in [-0.2, 0) is 12.8 Å². The smallest absolute Gasteiger partial charge is 0.123 e. The Kier molecular flexibility index (Phi) is 3.99. The molecular weight excluding hydrogens is 190 g/mol. The first-order valence-electron chi connectivity index (χ1n) is 4.87. The Balaban J connectivity index is 3.22. The number of nitrogens with zero attached hydrogens (tertiary/aromatic N) is 1. The molecule has 0 aliphatic rings. The van der Waals surface area contributed by atoms with E-state index in [1.165, 1.54) is 0 Å². The maximum atomic E-state index is 8.68. The summed E-state index contributed by atoms with van der Waals surface area (Å²) >= 11 is 0. The first-order chi connectivity index (χ1) is 7.26. The Bertz CT molecular complexity index is 380. The molecule has 1 aromatic rings. The number of aryl methyl sites for hydroxylation is 1. The molecule has 0 amide bonds. The van der Waals surface area contributed by atoms with E-state index in [9.17, 15) is 0 Å². The van der Waals surface area contributed by atoms with Gasteiger partial charge < -0.3 is 9.47 Å². The van der Waals surface area contributed by atoms with Gasteiger partial charge in [-0.15, -0.1) is 0 Å². The number of hydrogen-bond donors (Lipinski definition) is 0. The van der Waals surface area contributed by atoms with E-state index < -0.39 is 0 Å². The van der Waals surface area contributed by atoms with Gasteiger partial charge in [-0.25, -0.2) is 0 Å². The van der Waals surface area contributed by atoms with E-state index in [0.717, 1.165) is 29.0 Å². The number of benzene rings is 1. The van der Waals surface area contributed by atoms with Gasteiger partial charge in [0.05, 0.1) is 26.7 Å². The van der Waals surface area contributed by atoms with Crippen LogP contribution < -0.4 is 9.47 Å². The molecule has 0 bridgehead atoms. The lowest BCUT2D eigenvalue weighted by Gasteiger charge is -2.12. The molecule has 0 aliphatic carbocycles. The largest absolute Gasteiger partial charge is 0.496 e. The third-order valence-corrected chi connectivity index (χ3v) is 2.33. The van der Waals surface area contributed by atoms with Crippen LogP contribution in [0.3, 0.4) is 0 Å². The Morgan fingerprint density at radius 1 is 1.13 bits per heavy atom. The van der Waals surface area contributed by atoms with E-state index in [1.807, 2.05) is 12.1 Å². The van der Waals surface area contributed by atoms with Crippen molar-refractivity contribution in [1.82, 2.24) is 0 Å². The minimum Gasteiger partial charge on any atom is -0.496 e. The van der Waals surface area contributed by atoms with Crippen molar-refractivity contribution in [3.8, 4) is 17.6 Å². The van der Waals surface area contributed by atoms with Gasteiger partial charge >= 0.3 is 0 Å². The second kappa shape index (κ2) is 5.26. The quantitative estimate of drug-likeness (QED) is 0.757.